The number of benzene rings is 2. The Hall–Kier alpha value is -2.95. The van der Waals surface area contributed by atoms with Crippen LogP contribution in [0.3, 0.4) is 0 Å². The van der Waals surface area contributed by atoms with E-state index in [9.17, 15) is 9.18 Å². The molecular formula is C19H18FN3O. The Balaban J connectivity index is 2.00. The molecule has 0 saturated carbocycles. The van der Waals surface area contributed by atoms with E-state index in [-0.39, 0.29) is 11.6 Å². The Kier molecular flexibility index (Phi) is 4.42. The Morgan fingerprint density at radius 3 is 2.42 bits per heavy atom. The first kappa shape index (κ1) is 15.9. The smallest absolute Gasteiger partial charge is 0.274 e. The molecule has 3 rings (SSSR count). The molecule has 5 heteroatoms. The summed E-state index contributed by atoms with van der Waals surface area (Å²) < 4.78 is 15.4. The second-order valence-electron chi connectivity index (χ2n) is 5.79. The van der Waals surface area contributed by atoms with Gasteiger partial charge >= 0.3 is 0 Å². The maximum Gasteiger partial charge on any atom is 0.274 e. The normalized spacial score (nSPS) is 10.8. The fraction of sp³-hybridized carbons (Fsp3) is 0.158. The molecule has 0 aliphatic carbocycles. The van der Waals surface area contributed by atoms with Crippen LogP contribution >= 0.6 is 0 Å². The number of halogens is 1. The van der Waals surface area contributed by atoms with E-state index in [1.807, 2.05) is 44.2 Å². The zero-order valence-corrected chi connectivity index (χ0v) is 13.5. The van der Waals surface area contributed by atoms with E-state index in [0.717, 1.165) is 11.4 Å². The highest BCUT2D eigenvalue weighted by molar-refractivity contribution is 6.03. The van der Waals surface area contributed by atoms with E-state index in [1.54, 1.807) is 22.9 Å². The third kappa shape index (κ3) is 3.20. The molecule has 1 amide bonds. The van der Waals surface area contributed by atoms with Crippen LogP contribution in [0.4, 0.5) is 10.1 Å². The van der Waals surface area contributed by atoms with Gasteiger partial charge in [-0.25, -0.2) is 9.07 Å². The minimum Gasteiger partial charge on any atom is -0.318 e. The standard InChI is InChI=1S/C19H18FN3O/c1-13(2)17-12-18(23(22-17)14-8-4-3-5-9-14)19(24)21-16-11-7-6-10-15(16)20/h3-13H,1-2H3,(H,21,24). The maximum absolute atomic E-state index is 13.8. The Morgan fingerprint density at radius 2 is 1.75 bits per heavy atom. The molecule has 0 saturated heterocycles. The van der Waals surface area contributed by atoms with Gasteiger partial charge in [0.1, 0.15) is 11.5 Å². The number of anilines is 1. The van der Waals surface area contributed by atoms with Crippen LogP contribution in [0.5, 0.6) is 0 Å². The number of carbonyl (C=O) groups is 1. The predicted molar refractivity (Wildman–Crippen MR) is 92.0 cm³/mol. The van der Waals surface area contributed by atoms with Crippen molar-refractivity contribution in [2.75, 3.05) is 5.32 Å². The molecule has 0 unspecified atom stereocenters. The molecule has 0 atom stereocenters. The lowest BCUT2D eigenvalue weighted by atomic mass is 10.1. The van der Waals surface area contributed by atoms with E-state index in [2.05, 4.69) is 10.4 Å². The molecule has 24 heavy (non-hydrogen) atoms. The average Bonchev–Trinajstić information content (AvgIpc) is 3.03. The molecule has 0 spiro atoms. The minimum absolute atomic E-state index is 0.148. The van der Waals surface area contributed by atoms with Gasteiger partial charge in [-0.3, -0.25) is 4.79 Å². The third-order valence-electron chi connectivity index (χ3n) is 3.68. The minimum atomic E-state index is -0.472. The van der Waals surface area contributed by atoms with Gasteiger partial charge in [0.25, 0.3) is 5.91 Å². The summed E-state index contributed by atoms with van der Waals surface area (Å²) in [4.78, 5) is 12.7. The fourth-order valence-corrected chi connectivity index (χ4v) is 2.36. The average molecular weight is 323 g/mol. The lowest BCUT2D eigenvalue weighted by Crippen LogP contribution is -2.17. The number of carbonyl (C=O) groups excluding carboxylic acids is 1. The zero-order chi connectivity index (χ0) is 17.1. The topological polar surface area (TPSA) is 46.9 Å². The van der Waals surface area contributed by atoms with Crippen molar-refractivity contribution < 1.29 is 9.18 Å². The lowest BCUT2D eigenvalue weighted by molar-refractivity contribution is 0.101. The van der Waals surface area contributed by atoms with Crippen LogP contribution in [0.25, 0.3) is 5.69 Å². The van der Waals surface area contributed by atoms with Crippen molar-refractivity contribution in [1.29, 1.82) is 0 Å². The molecule has 1 N–H and O–H groups in total. The van der Waals surface area contributed by atoms with Crippen LogP contribution in [-0.4, -0.2) is 15.7 Å². The van der Waals surface area contributed by atoms with Crippen molar-refractivity contribution >= 4 is 11.6 Å². The summed E-state index contributed by atoms with van der Waals surface area (Å²) in [6.45, 7) is 4.02. The fourth-order valence-electron chi connectivity index (χ4n) is 2.36. The van der Waals surface area contributed by atoms with Gasteiger partial charge in [0.15, 0.2) is 0 Å². The van der Waals surface area contributed by atoms with Crippen molar-refractivity contribution in [3.05, 3.63) is 77.9 Å². The first-order valence-corrected chi connectivity index (χ1v) is 7.77. The van der Waals surface area contributed by atoms with Crippen LogP contribution in [-0.2, 0) is 0 Å². The van der Waals surface area contributed by atoms with Crippen molar-refractivity contribution in [1.82, 2.24) is 9.78 Å². The summed E-state index contributed by atoms with van der Waals surface area (Å²) >= 11 is 0. The van der Waals surface area contributed by atoms with E-state index < -0.39 is 11.7 Å². The summed E-state index contributed by atoms with van der Waals surface area (Å²) in [6, 6.07) is 17.2. The molecule has 0 fully saturated rings. The second kappa shape index (κ2) is 6.66. The van der Waals surface area contributed by atoms with Crippen molar-refractivity contribution in [2.24, 2.45) is 0 Å². The maximum atomic E-state index is 13.8. The number of hydrogen-bond donors (Lipinski definition) is 1. The second-order valence-corrected chi connectivity index (χ2v) is 5.79. The largest absolute Gasteiger partial charge is 0.318 e. The quantitative estimate of drug-likeness (QED) is 0.774. The molecule has 0 aliphatic heterocycles. The Morgan fingerprint density at radius 1 is 1.08 bits per heavy atom. The van der Waals surface area contributed by atoms with Gasteiger partial charge in [0.2, 0.25) is 0 Å². The van der Waals surface area contributed by atoms with E-state index in [4.69, 9.17) is 0 Å². The van der Waals surface area contributed by atoms with Crippen LogP contribution < -0.4 is 5.32 Å². The highest BCUT2D eigenvalue weighted by Gasteiger charge is 2.19. The highest BCUT2D eigenvalue weighted by Crippen LogP contribution is 2.20. The van der Waals surface area contributed by atoms with Crippen LogP contribution in [0, 0.1) is 5.82 Å². The van der Waals surface area contributed by atoms with Crippen molar-refractivity contribution in [2.45, 2.75) is 19.8 Å². The van der Waals surface area contributed by atoms with Crippen molar-refractivity contribution in [3.63, 3.8) is 0 Å². The van der Waals surface area contributed by atoms with Crippen LogP contribution in [0.1, 0.15) is 35.9 Å². The van der Waals surface area contributed by atoms with E-state index in [0.29, 0.717) is 5.69 Å². The molecule has 0 radical (unpaired) electrons. The third-order valence-corrected chi connectivity index (χ3v) is 3.68. The molecule has 0 bridgehead atoms. The number of amides is 1. The Bertz CT molecular complexity index is 856. The van der Waals surface area contributed by atoms with Gasteiger partial charge < -0.3 is 5.32 Å². The monoisotopic (exact) mass is 323 g/mol. The molecular weight excluding hydrogens is 305 g/mol. The molecule has 122 valence electrons. The molecule has 0 aliphatic rings. The molecule has 1 heterocycles. The Labute approximate surface area is 139 Å². The summed E-state index contributed by atoms with van der Waals surface area (Å²) in [5, 5.41) is 7.14. The predicted octanol–water partition coefficient (Wildman–Crippen LogP) is 4.39. The summed E-state index contributed by atoms with van der Waals surface area (Å²) in [6.07, 6.45) is 0. The first-order valence-electron chi connectivity index (χ1n) is 7.77. The van der Waals surface area contributed by atoms with Crippen LogP contribution in [0.15, 0.2) is 60.7 Å². The van der Waals surface area contributed by atoms with E-state index >= 15 is 0 Å². The number of aromatic nitrogens is 2. The van der Waals surface area contributed by atoms with Gasteiger partial charge in [-0.1, -0.05) is 44.2 Å². The van der Waals surface area contributed by atoms with Gasteiger partial charge in [-0.15, -0.1) is 0 Å². The molecule has 1 aromatic heterocycles. The van der Waals surface area contributed by atoms with E-state index in [1.165, 1.54) is 12.1 Å². The summed E-state index contributed by atoms with van der Waals surface area (Å²) in [7, 11) is 0. The van der Waals surface area contributed by atoms with Gasteiger partial charge in [-0.05, 0) is 36.2 Å². The molecule has 2 aromatic carbocycles. The number of nitrogens with zero attached hydrogens (tertiary/aromatic N) is 2. The number of nitrogens with one attached hydrogen (secondary N) is 1. The molecule has 3 aromatic rings. The summed E-state index contributed by atoms with van der Waals surface area (Å²) in [5.74, 6) is -0.695. The highest BCUT2D eigenvalue weighted by atomic mass is 19.1. The molecule has 4 nitrogen and oxygen atoms in total. The first-order chi connectivity index (χ1) is 11.6. The van der Waals surface area contributed by atoms with Gasteiger partial charge in [0, 0.05) is 0 Å². The number of hydrogen-bond acceptors (Lipinski definition) is 2. The van der Waals surface area contributed by atoms with Gasteiger partial charge in [-0.2, -0.15) is 5.10 Å². The van der Waals surface area contributed by atoms with Gasteiger partial charge in [0.05, 0.1) is 17.1 Å². The number of para-hydroxylation sites is 2. The zero-order valence-electron chi connectivity index (χ0n) is 13.5. The lowest BCUT2D eigenvalue weighted by Gasteiger charge is -2.09. The van der Waals surface area contributed by atoms with Crippen LogP contribution in [0.2, 0.25) is 0 Å². The SMILES string of the molecule is CC(C)c1cc(C(=O)Nc2ccccc2F)n(-c2ccccc2)n1. The van der Waals surface area contributed by atoms with Crippen molar-refractivity contribution in [3.8, 4) is 5.69 Å². The summed E-state index contributed by atoms with van der Waals surface area (Å²) in [5.41, 5.74) is 2.10. The number of rotatable bonds is 4.